The maximum absolute atomic E-state index is 12.1. The summed E-state index contributed by atoms with van der Waals surface area (Å²) in [4.78, 5) is 13.9. The van der Waals surface area contributed by atoms with Gasteiger partial charge < -0.3 is 10.2 Å². The normalized spacial score (nSPS) is 18.5. The van der Waals surface area contributed by atoms with Gasteiger partial charge in [0.2, 0.25) is 5.91 Å². The molecule has 0 aliphatic carbocycles. The Hall–Kier alpha value is -2.13. The van der Waals surface area contributed by atoms with Crippen molar-refractivity contribution in [2.45, 2.75) is 19.4 Å². The molecule has 1 atom stereocenters. The zero-order valence-electron chi connectivity index (χ0n) is 13.2. The highest BCUT2D eigenvalue weighted by Gasteiger charge is 2.25. The fourth-order valence-corrected chi connectivity index (χ4v) is 2.84. The lowest BCUT2D eigenvalue weighted by atomic mass is 9.99. The predicted molar refractivity (Wildman–Crippen MR) is 89.7 cm³/mol. The zero-order valence-corrected chi connectivity index (χ0v) is 13.2. The van der Waals surface area contributed by atoms with E-state index in [9.17, 15) is 4.79 Å². The van der Waals surface area contributed by atoms with Gasteiger partial charge in [-0.05, 0) is 30.0 Å². The highest BCUT2D eigenvalue weighted by Crippen LogP contribution is 2.21. The minimum Gasteiger partial charge on any atom is -0.343 e. The number of likely N-dealkylation sites (N-methyl/N-ethyl adjacent to an activating group) is 1. The maximum Gasteiger partial charge on any atom is 0.239 e. The second-order valence-electron chi connectivity index (χ2n) is 6.03. The van der Waals surface area contributed by atoms with Crippen molar-refractivity contribution in [1.29, 1.82) is 0 Å². The molecule has 3 heteroatoms. The average Bonchev–Trinajstić information content (AvgIpc) is 2.53. The van der Waals surface area contributed by atoms with E-state index in [0.717, 1.165) is 19.5 Å². The predicted octanol–water partition coefficient (Wildman–Crippen LogP) is 2.63. The van der Waals surface area contributed by atoms with Crippen LogP contribution in [0.3, 0.4) is 0 Å². The largest absolute Gasteiger partial charge is 0.343 e. The molecule has 0 radical (unpaired) electrons. The minimum atomic E-state index is -0.0935. The van der Waals surface area contributed by atoms with Gasteiger partial charge in [0.1, 0.15) is 0 Å². The summed E-state index contributed by atoms with van der Waals surface area (Å²) in [5.74, 6) is 0.189. The first-order chi connectivity index (χ1) is 10.6. The summed E-state index contributed by atoms with van der Waals surface area (Å²) in [6, 6.07) is 17.0. The maximum atomic E-state index is 12.1. The lowest BCUT2D eigenvalue weighted by molar-refractivity contribution is -0.134. The van der Waals surface area contributed by atoms with Crippen LogP contribution in [0.4, 0.5) is 0 Å². The number of nitrogens with zero attached hydrogens (tertiary/aromatic N) is 1. The summed E-state index contributed by atoms with van der Waals surface area (Å²) in [7, 11) is 1.87. The second kappa shape index (κ2) is 6.32. The van der Waals surface area contributed by atoms with Crippen LogP contribution < -0.4 is 5.32 Å². The molecule has 2 aromatic rings. The van der Waals surface area contributed by atoms with E-state index >= 15 is 0 Å². The van der Waals surface area contributed by atoms with Crippen LogP contribution in [0, 0.1) is 6.92 Å². The number of benzene rings is 2. The third-order valence-electron chi connectivity index (χ3n) is 4.29. The third kappa shape index (κ3) is 3.20. The van der Waals surface area contributed by atoms with Crippen molar-refractivity contribution in [1.82, 2.24) is 10.2 Å². The molecule has 1 heterocycles. The monoisotopic (exact) mass is 294 g/mol. The quantitative estimate of drug-likeness (QED) is 0.944. The van der Waals surface area contributed by atoms with Crippen LogP contribution in [0.2, 0.25) is 0 Å². The van der Waals surface area contributed by atoms with E-state index in [2.05, 4.69) is 60.8 Å². The van der Waals surface area contributed by atoms with Crippen LogP contribution >= 0.6 is 0 Å². The highest BCUT2D eigenvalue weighted by molar-refractivity contribution is 5.82. The van der Waals surface area contributed by atoms with Gasteiger partial charge in [-0.1, -0.05) is 54.1 Å². The van der Waals surface area contributed by atoms with Gasteiger partial charge in [0.05, 0.1) is 6.04 Å². The Morgan fingerprint density at radius 1 is 1.05 bits per heavy atom. The van der Waals surface area contributed by atoms with Crippen LogP contribution in [0.15, 0.2) is 48.5 Å². The molecular weight excluding hydrogens is 272 g/mol. The molecule has 3 nitrogen and oxygen atoms in total. The van der Waals surface area contributed by atoms with Gasteiger partial charge in [0.25, 0.3) is 0 Å². The van der Waals surface area contributed by atoms with Crippen molar-refractivity contribution in [3.8, 4) is 11.1 Å². The summed E-state index contributed by atoms with van der Waals surface area (Å²) < 4.78 is 0. The van der Waals surface area contributed by atoms with Gasteiger partial charge in [0, 0.05) is 20.1 Å². The molecule has 1 aliphatic heterocycles. The first kappa shape index (κ1) is 14.8. The number of nitrogens with one attached hydrogen (secondary N) is 1. The van der Waals surface area contributed by atoms with Crippen LogP contribution in [0.1, 0.15) is 11.1 Å². The van der Waals surface area contributed by atoms with E-state index in [4.69, 9.17) is 0 Å². The summed E-state index contributed by atoms with van der Waals surface area (Å²) in [6.07, 6.45) is 0.747. The highest BCUT2D eigenvalue weighted by atomic mass is 16.2. The Balaban J connectivity index is 1.71. The number of hydrogen-bond donors (Lipinski definition) is 1. The number of amides is 1. The Kier molecular flexibility index (Phi) is 4.25. The molecule has 1 aliphatic rings. The fourth-order valence-electron chi connectivity index (χ4n) is 2.84. The third-order valence-corrected chi connectivity index (χ3v) is 4.29. The molecule has 0 saturated carbocycles. The molecule has 1 fully saturated rings. The first-order valence-corrected chi connectivity index (χ1v) is 7.78. The van der Waals surface area contributed by atoms with Crippen LogP contribution in [0.25, 0.3) is 11.1 Å². The molecule has 1 amide bonds. The lowest BCUT2D eigenvalue weighted by Crippen LogP contribution is -2.54. The van der Waals surface area contributed by atoms with Gasteiger partial charge >= 0.3 is 0 Å². The van der Waals surface area contributed by atoms with E-state index in [1.807, 2.05) is 11.9 Å². The van der Waals surface area contributed by atoms with E-state index in [0.29, 0.717) is 0 Å². The first-order valence-electron chi connectivity index (χ1n) is 7.78. The van der Waals surface area contributed by atoms with Crippen molar-refractivity contribution in [3.63, 3.8) is 0 Å². The molecule has 1 N–H and O–H groups in total. The van der Waals surface area contributed by atoms with E-state index in [1.54, 1.807) is 0 Å². The number of rotatable bonds is 3. The van der Waals surface area contributed by atoms with Crippen molar-refractivity contribution < 1.29 is 4.79 Å². The van der Waals surface area contributed by atoms with Gasteiger partial charge in [-0.2, -0.15) is 0 Å². The summed E-state index contributed by atoms with van der Waals surface area (Å²) in [5.41, 5.74) is 4.90. The van der Waals surface area contributed by atoms with Crippen molar-refractivity contribution in [2.75, 3.05) is 20.1 Å². The Bertz CT molecular complexity index is 646. The molecule has 0 bridgehead atoms. The molecular formula is C19H22N2O. The molecule has 1 saturated heterocycles. The van der Waals surface area contributed by atoms with E-state index in [-0.39, 0.29) is 11.9 Å². The van der Waals surface area contributed by atoms with Gasteiger partial charge in [-0.25, -0.2) is 0 Å². The fraction of sp³-hybridized carbons (Fsp3) is 0.316. The molecule has 0 spiro atoms. The van der Waals surface area contributed by atoms with Gasteiger partial charge in [0.15, 0.2) is 0 Å². The topological polar surface area (TPSA) is 32.3 Å². The summed E-state index contributed by atoms with van der Waals surface area (Å²) in [6.45, 7) is 3.76. The molecule has 2 aromatic carbocycles. The van der Waals surface area contributed by atoms with E-state index in [1.165, 1.54) is 22.3 Å². The average molecular weight is 294 g/mol. The number of carbonyl (C=O) groups excluding carboxylic acids is 1. The van der Waals surface area contributed by atoms with Crippen LogP contribution in [0.5, 0.6) is 0 Å². The van der Waals surface area contributed by atoms with Gasteiger partial charge in [-0.3, -0.25) is 4.79 Å². The van der Waals surface area contributed by atoms with Gasteiger partial charge in [-0.15, -0.1) is 0 Å². The molecule has 22 heavy (non-hydrogen) atoms. The number of carbonyl (C=O) groups is 1. The van der Waals surface area contributed by atoms with Crippen molar-refractivity contribution >= 4 is 5.91 Å². The Morgan fingerprint density at radius 2 is 1.64 bits per heavy atom. The van der Waals surface area contributed by atoms with Crippen molar-refractivity contribution in [2.24, 2.45) is 0 Å². The minimum absolute atomic E-state index is 0.0935. The zero-order chi connectivity index (χ0) is 15.5. The second-order valence-corrected chi connectivity index (χ2v) is 6.03. The molecule has 114 valence electrons. The number of hydrogen-bond acceptors (Lipinski definition) is 2. The summed E-state index contributed by atoms with van der Waals surface area (Å²) >= 11 is 0. The lowest BCUT2D eigenvalue weighted by Gasteiger charge is -2.30. The summed E-state index contributed by atoms with van der Waals surface area (Å²) in [5, 5.41) is 3.31. The molecule has 0 aromatic heterocycles. The Morgan fingerprint density at radius 3 is 2.27 bits per heavy atom. The molecule has 3 rings (SSSR count). The standard InChI is InChI=1S/C19H22N2O/c1-14-3-7-16(8-4-14)17-9-5-15(6-10-17)13-18-19(22)21(2)12-11-20-18/h3-10,18,20H,11-13H2,1-2H3. The SMILES string of the molecule is Cc1ccc(-c2ccc(CC3NCCN(C)C3=O)cc2)cc1. The van der Waals surface area contributed by atoms with Crippen molar-refractivity contribution in [3.05, 3.63) is 59.7 Å². The van der Waals surface area contributed by atoms with Crippen LogP contribution in [-0.4, -0.2) is 37.0 Å². The number of aryl methyl sites for hydroxylation is 1. The van der Waals surface area contributed by atoms with Crippen LogP contribution in [-0.2, 0) is 11.2 Å². The Labute approximate surface area is 132 Å². The molecule has 1 unspecified atom stereocenters. The van der Waals surface area contributed by atoms with E-state index < -0.39 is 0 Å². The smallest absolute Gasteiger partial charge is 0.239 e. The number of piperazine rings is 1.